The monoisotopic (exact) mass is 475 g/mol. The van der Waals surface area contributed by atoms with Crippen LogP contribution >= 0.6 is 34.2 Å². The highest BCUT2D eigenvalue weighted by atomic mass is 127. The average Bonchev–Trinajstić information content (AvgIpc) is 2.61. The van der Waals surface area contributed by atoms with E-state index in [0.29, 0.717) is 35.4 Å². The fraction of sp³-hybridized carbons (Fsp3) is 0.278. The summed E-state index contributed by atoms with van der Waals surface area (Å²) < 4.78 is 17.3. The summed E-state index contributed by atoms with van der Waals surface area (Å²) in [4.78, 5) is 11.9. The molecule has 0 spiro atoms. The van der Waals surface area contributed by atoms with Crippen molar-refractivity contribution in [1.82, 2.24) is 5.32 Å². The number of nitrogens with one attached hydrogen (secondary N) is 1. The lowest BCUT2D eigenvalue weighted by Gasteiger charge is -2.13. The highest BCUT2D eigenvalue weighted by molar-refractivity contribution is 14.1. The summed E-state index contributed by atoms with van der Waals surface area (Å²) in [5, 5.41) is 3.24. The molecule has 1 amide bonds. The third-order valence-electron chi connectivity index (χ3n) is 3.25. The van der Waals surface area contributed by atoms with Gasteiger partial charge in [-0.3, -0.25) is 4.79 Å². The number of benzene rings is 2. The summed E-state index contributed by atoms with van der Waals surface area (Å²) >= 11 is 8.43. The lowest BCUT2D eigenvalue weighted by atomic mass is 10.2. The Hall–Kier alpha value is -1.67. The minimum atomic E-state index is -0.220. The Kier molecular flexibility index (Phi) is 7.64. The lowest BCUT2D eigenvalue weighted by Crippen LogP contribution is -2.28. The van der Waals surface area contributed by atoms with Crippen LogP contribution in [0.25, 0.3) is 0 Å². The maximum absolute atomic E-state index is 11.9. The molecule has 2 rings (SSSR count). The van der Waals surface area contributed by atoms with Crippen LogP contribution in [0.2, 0.25) is 5.02 Å². The SMILES string of the molecule is CCOc1c(Cl)cc(CNC(=O)COc2ccc(I)cc2)cc1OC. The summed E-state index contributed by atoms with van der Waals surface area (Å²) in [7, 11) is 1.55. The van der Waals surface area contributed by atoms with Crippen LogP contribution in [0.4, 0.5) is 0 Å². The number of ether oxygens (including phenoxy) is 3. The number of amides is 1. The van der Waals surface area contributed by atoms with Crippen LogP contribution in [0.5, 0.6) is 17.2 Å². The molecule has 0 aliphatic rings. The number of halogens is 2. The molecule has 0 heterocycles. The smallest absolute Gasteiger partial charge is 0.258 e. The Bertz CT molecular complexity index is 722. The molecule has 0 aliphatic carbocycles. The van der Waals surface area contributed by atoms with Crippen LogP contribution in [0.15, 0.2) is 36.4 Å². The van der Waals surface area contributed by atoms with Gasteiger partial charge in [0.2, 0.25) is 0 Å². The average molecular weight is 476 g/mol. The van der Waals surface area contributed by atoms with Crippen LogP contribution in [-0.2, 0) is 11.3 Å². The number of rotatable bonds is 8. The molecule has 0 bridgehead atoms. The van der Waals surface area contributed by atoms with E-state index in [1.54, 1.807) is 19.2 Å². The number of carbonyl (C=O) groups is 1. The van der Waals surface area contributed by atoms with Gasteiger partial charge in [-0.2, -0.15) is 0 Å². The molecule has 134 valence electrons. The predicted octanol–water partition coefficient (Wildman–Crippen LogP) is 4.05. The Balaban J connectivity index is 1.90. The molecule has 1 N–H and O–H groups in total. The van der Waals surface area contributed by atoms with E-state index in [2.05, 4.69) is 27.9 Å². The van der Waals surface area contributed by atoms with Crippen LogP contribution in [0.1, 0.15) is 12.5 Å². The van der Waals surface area contributed by atoms with Crippen molar-refractivity contribution in [2.75, 3.05) is 20.3 Å². The van der Waals surface area contributed by atoms with Crippen molar-refractivity contribution in [3.8, 4) is 17.2 Å². The molecular weight excluding hydrogens is 457 g/mol. The van der Waals surface area contributed by atoms with Gasteiger partial charge in [-0.25, -0.2) is 0 Å². The van der Waals surface area contributed by atoms with Crippen molar-refractivity contribution < 1.29 is 19.0 Å². The van der Waals surface area contributed by atoms with Gasteiger partial charge in [0, 0.05) is 10.1 Å². The molecule has 0 fully saturated rings. The molecule has 0 atom stereocenters. The Labute approximate surface area is 165 Å². The zero-order valence-corrected chi connectivity index (χ0v) is 16.9. The van der Waals surface area contributed by atoms with Gasteiger partial charge < -0.3 is 19.5 Å². The van der Waals surface area contributed by atoms with Crippen molar-refractivity contribution in [2.45, 2.75) is 13.5 Å². The van der Waals surface area contributed by atoms with Crippen molar-refractivity contribution in [3.63, 3.8) is 0 Å². The summed E-state index contributed by atoms with van der Waals surface area (Å²) in [6.07, 6.45) is 0. The summed E-state index contributed by atoms with van der Waals surface area (Å²) in [5.41, 5.74) is 0.813. The standard InChI is InChI=1S/C18H19ClINO4/c1-3-24-18-15(19)8-12(9-16(18)23-2)10-21-17(22)11-25-14-6-4-13(20)5-7-14/h4-9H,3,10-11H2,1-2H3,(H,21,22). The molecule has 2 aromatic carbocycles. The van der Waals surface area contributed by atoms with E-state index in [4.69, 9.17) is 25.8 Å². The highest BCUT2D eigenvalue weighted by Gasteiger charge is 2.12. The van der Waals surface area contributed by atoms with Crippen molar-refractivity contribution in [2.24, 2.45) is 0 Å². The molecule has 0 aromatic heterocycles. The maximum Gasteiger partial charge on any atom is 0.258 e. The number of hydrogen-bond donors (Lipinski definition) is 1. The van der Waals surface area contributed by atoms with E-state index in [0.717, 1.165) is 9.13 Å². The van der Waals surface area contributed by atoms with Crippen molar-refractivity contribution in [1.29, 1.82) is 0 Å². The largest absolute Gasteiger partial charge is 0.493 e. The molecule has 0 saturated carbocycles. The molecule has 25 heavy (non-hydrogen) atoms. The van der Waals surface area contributed by atoms with Crippen LogP contribution in [0.3, 0.4) is 0 Å². The van der Waals surface area contributed by atoms with E-state index in [1.807, 2.05) is 31.2 Å². The molecule has 0 unspecified atom stereocenters. The fourth-order valence-corrected chi connectivity index (χ4v) is 2.74. The number of hydrogen-bond acceptors (Lipinski definition) is 4. The highest BCUT2D eigenvalue weighted by Crippen LogP contribution is 2.36. The zero-order chi connectivity index (χ0) is 18.2. The van der Waals surface area contributed by atoms with Gasteiger partial charge in [0.25, 0.3) is 5.91 Å². The molecule has 2 aromatic rings. The quantitative estimate of drug-likeness (QED) is 0.586. The summed E-state index contributed by atoms with van der Waals surface area (Å²) in [6, 6.07) is 11.0. The topological polar surface area (TPSA) is 56.8 Å². The first-order valence-corrected chi connectivity index (χ1v) is 9.13. The van der Waals surface area contributed by atoms with E-state index in [-0.39, 0.29) is 12.5 Å². The van der Waals surface area contributed by atoms with E-state index < -0.39 is 0 Å². The van der Waals surface area contributed by atoms with Gasteiger partial charge >= 0.3 is 0 Å². The molecule has 5 nitrogen and oxygen atoms in total. The summed E-state index contributed by atoms with van der Waals surface area (Å²) in [5.74, 6) is 1.47. The predicted molar refractivity (Wildman–Crippen MR) is 106 cm³/mol. The number of carbonyl (C=O) groups excluding carboxylic acids is 1. The van der Waals surface area contributed by atoms with Gasteiger partial charge in [-0.1, -0.05) is 11.6 Å². The van der Waals surface area contributed by atoms with Gasteiger partial charge in [0.15, 0.2) is 18.1 Å². The van der Waals surface area contributed by atoms with Crippen molar-refractivity contribution >= 4 is 40.1 Å². The Morgan fingerprint density at radius 1 is 1.20 bits per heavy atom. The molecule has 0 aliphatic heterocycles. The van der Waals surface area contributed by atoms with Gasteiger partial charge in [0.05, 0.1) is 18.7 Å². The second kappa shape index (κ2) is 9.72. The van der Waals surface area contributed by atoms with Gasteiger partial charge in [-0.15, -0.1) is 0 Å². The van der Waals surface area contributed by atoms with E-state index in [1.165, 1.54) is 0 Å². The summed E-state index contributed by atoms with van der Waals surface area (Å²) in [6.45, 7) is 2.62. The zero-order valence-electron chi connectivity index (χ0n) is 14.0. The third kappa shape index (κ3) is 5.97. The van der Waals surface area contributed by atoms with Crippen LogP contribution < -0.4 is 19.5 Å². The fourth-order valence-electron chi connectivity index (χ4n) is 2.09. The van der Waals surface area contributed by atoms with Gasteiger partial charge in [-0.05, 0) is 71.5 Å². The lowest BCUT2D eigenvalue weighted by molar-refractivity contribution is -0.123. The van der Waals surface area contributed by atoms with Crippen molar-refractivity contribution in [3.05, 3.63) is 50.6 Å². The number of methoxy groups -OCH3 is 1. The minimum absolute atomic E-state index is 0.0531. The first-order valence-electron chi connectivity index (χ1n) is 7.67. The minimum Gasteiger partial charge on any atom is -0.493 e. The molecular formula is C18H19ClINO4. The second-order valence-corrected chi connectivity index (χ2v) is 6.71. The Morgan fingerprint density at radius 2 is 1.92 bits per heavy atom. The van der Waals surface area contributed by atoms with E-state index >= 15 is 0 Å². The van der Waals surface area contributed by atoms with Crippen LogP contribution in [0, 0.1) is 3.57 Å². The van der Waals surface area contributed by atoms with E-state index in [9.17, 15) is 4.79 Å². The maximum atomic E-state index is 11.9. The second-order valence-electron chi connectivity index (χ2n) is 5.06. The first-order chi connectivity index (χ1) is 12.0. The first kappa shape index (κ1) is 19.7. The molecule has 7 heteroatoms. The molecule has 0 saturated heterocycles. The normalized spacial score (nSPS) is 10.2. The Morgan fingerprint density at radius 3 is 2.56 bits per heavy atom. The third-order valence-corrected chi connectivity index (χ3v) is 4.25. The van der Waals surface area contributed by atoms with Gasteiger partial charge in [0.1, 0.15) is 5.75 Å². The molecule has 0 radical (unpaired) electrons. The van der Waals surface area contributed by atoms with Crippen LogP contribution in [-0.4, -0.2) is 26.2 Å².